The van der Waals surface area contributed by atoms with Crippen molar-refractivity contribution in [3.05, 3.63) is 35.9 Å². The largest absolute Gasteiger partial charge is 0.361 e. The highest BCUT2D eigenvalue weighted by Gasteiger charge is 2.50. The van der Waals surface area contributed by atoms with E-state index in [-0.39, 0.29) is 5.92 Å². The molecule has 1 rings (SSSR count). The quantitative estimate of drug-likeness (QED) is 0.414. The zero-order chi connectivity index (χ0) is 12.4. The fourth-order valence-corrected chi connectivity index (χ4v) is 3.85. The average Bonchev–Trinajstić information content (AvgIpc) is 2.17. The van der Waals surface area contributed by atoms with E-state index in [1.165, 1.54) is 5.56 Å². The van der Waals surface area contributed by atoms with Crippen LogP contribution in [-0.4, -0.2) is 10.5 Å². The van der Waals surface area contributed by atoms with E-state index in [1.54, 1.807) is 0 Å². The average molecular weight is 316 g/mol. The number of hydrogen-bond acceptors (Lipinski definition) is 0. The zero-order valence-corrected chi connectivity index (χ0v) is 13.2. The number of alkyl halides is 1. The topological polar surface area (TPSA) is 0 Å². The summed E-state index contributed by atoms with van der Waals surface area (Å²) >= 11 is 24.4. The van der Waals surface area contributed by atoms with Crippen molar-refractivity contribution >= 4 is 50.8 Å². The molecule has 0 aliphatic rings. The Labute approximate surface area is 117 Å². The first-order valence-corrected chi connectivity index (χ1v) is 10.5. The minimum Gasteiger partial charge on any atom is -0.124 e. The number of rotatable bonds is 4. The van der Waals surface area contributed by atoms with Gasteiger partial charge >= 0.3 is 6.00 Å². The molecule has 0 heterocycles. The van der Waals surface area contributed by atoms with Crippen LogP contribution in [0.2, 0.25) is 0 Å². The molecule has 0 aliphatic carbocycles. The Morgan fingerprint density at radius 3 is 2.12 bits per heavy atom. The van der Waals surface area contributed by atoms with Crippen LogP contribution in [-0.2, 0) is 6.42 Å². The summed E-state index contributed by atoms with van der Waals surface area (Å²) in [5.41, 5.74) is 1.21. The lowest BCUT2D eigenvalue weighted by atomic mass is 9.98. The van der Waals surface area contributed by atoms with Gasteiger partial charge in [0.25, 0.3) is 0 Å². The van der Waals surface area contributed by atoms with Crippen molar-refractivity contribution < 1.29 is 0 Å². The van der Waals surface area contributed by atoms with Crippen LogP contribution >= 0.6 is 44.8 Å². The van der Waals surface area contributed by atoms with Crippen molar-refractivity contribution in [2.45, 2.75) is 24.8 Å². The van der Waals surface area contributed by atoms with E-state index in [1.807, 2.05) is 32.0 Å². The minimum atomic E-state index is -2.92. The van der Waals surface area contributed by atoms with Crippen LogP contribution in [0.4, 0.5) is 0 Å². The van der Waals surface area contributed by atoms with Gasteiger partial charge in [-0.15, -0.1) is 44.8 Å². The van der Waals surface area contributed by atoms with Gasteiger partial charge in [-0.05, 0) is 24.8 Å². The number of hydrogen-bond donors (Lipinski definition) is 0. The SMILES string of the molecule is CC(Cc1ccccc1)C(C)(Cl)[Si](Cl)(Cl)Cl. The highest BCUT2D eigenvalue weighted by atomic mass is 35.8. The van der Waals surface area contributed by atoms with Crippen molar-refractivity contribution in [1.29, 1.82) is 0 Å². The van der Waals surface area contributed by atoms with E-state index in [9.17, 15) is 0 Å². The molecule has 0 aliphatic heterocycles. The Morgan fingerprint density at radius 2 is 1.69 bits per heavy atom. The Hall–Kier alpha value is 0.597. The molecule has 0 N–H and O–H groups in total. The van der Waals surface area contributed by atoms with E-state index in [4.69, 9.17) is 44.8 Å². The lowest BCUT2D eigenvalue weighted by Gasteiger charge is -2.33. The second-order valence-electron chi connectivity index (χ2n) is 4.16. The number of halogens is 4. The van der Waals surface area contributed by atoms with Crippen LogP contribution < -0.4 is 0 Å². The maximum atomic E-state index is 6.38. The van der Waals surface area contributed by atoms with Gasteiger partial charge in [0.2, 0.25) is 0 Å². The van der Waals surface area contributed by atoms with Gasteiger partial charge in [-0.1, -0.05) is 37.3 Å². The predicted octanol–water partition coefficient (Wildman–Crippen LogP) is 5.06. The fraction of sp³-hybridized carbons (Fsp3) is 0.455. The summed E-state index contributed by atoms with van der Waals surface area (Å²) in [4.78, 5) is 0. The van der Waals surface area contributed by atoms with E-state index in [0.717, 1.165) is 6.42 Å². The van der Waals surface area contributed by atoms with E-state index in [2.05, 4.69) is 12.1 Å². The van der Waals surface area contributed by atoms with Crippen LogP contribution in [0.1, 0.15) is 19.4 Å². The minimum absolute atomic E-state index is 0.121. The molecule has 0 fully saturated rings. The van der Waals surface area contributed by atoms with Gasteiger partial charge in [0, 0.05) is 0 Å². The summed E-state index contributed by atoms with van der Waals surface area (Å²) in [6, 6.07) is 7.18. The highest BCUT2D eigenvalue weighted by molar-refractivity contribution is 7.66. The third kappa shape index (κ3) is 3.54. The highest BCUT2D eigenvalue weighted by Crippen LogP contribution is 2.43. The molecule has 16 heavy (non-hydrogen) atoms. The molecule has 0 saturated heterocycles. The lowest BCUT2D eigenvalue weighted by Crippen LogP contribution is -2.45. The van der Waals surface area contributed by atoms with E-state index >= 15 is 0 Å². The summed E-state index contributed by atoms with van der Waals surface area (Å²) in [5, 5.41) is 0. The molecule has 0 nitrogen and oxygen atoms in total. The molecule has 0 aromatic heterocycles. The molecule has 2 atom stereocenters. The van der Waals surface area contributed by atoms with Crippen molar-refractivity contribution in [2.24, 2.45) is 5.92 Å². The zero-order valence-electron chi connectivity index (χ0n) is 9.18. The van der Waals surface area contributed by atoms with Crippen LogP contribution in [0.25, 0.3) is 0 Å². The van der Waals surface area contributed by atoms with E-state index in [0.29, 0.717) is 0 Å². The molecule has 5 heteroatoms. The Balaban J connectivity index is 2.76. The Kier molecular flexibility index (Phi) is 5.03. The van der Waals surface area contributed by atoms with Gasteiger partial charge in [-0.25, -0.2) is 0 Å². The van der Waals surface area contributed by atoms with Crippen molar-refractivity contribution in [1.82, 2.24) is 0 Å². The predicted molar refractivity (Wildman–Crippen MR) is 76.9 cm³/mol. The summed E-state index contributed by atoms with van der Waals surface area (Å²) < 4.78 is -0.743. The first kappa shape index (κ1) is 14.7. The molecule has 0 saturated carbocycles. The lowest BCUT2D eigenvalue weighted by molar-refractivity contribution is 0.522. The number of benzene rings is 1. The first-order valence-electron chi connectivity index (χ1n) is 5.04. The maximum Gasteiger partial charge on any atom is 0.361 e. The fourth-order valence-electron chi connectivity index (χ4n) is 1.44. The normalized spacial score (nSPS) is 17.9. The van der Waals surface area contributed by atoms with Crippen molar-refractivity contribution in [3.8, 4) is 0 Å². The molecule has 1 aromatic rings. The molecule has 0 amide bonds. The maximum absolute atomic E-state index is 6.38. The van der Waals surface area contributed by atoms with E-state index < -0.39 is 10.5 Å². The first-order chi connectivity index (χ1) is 7.25. The van der Waals surface area contributed by atoms with Gasteiger partial charge in [0.05, 0.1) is 4.50 Å². The Morgan fingerprint density at radius 1 is 1.19 bits per heavy atom. The van der Waals surface area contributed by atoms with Crippen molar-refractivity contribution in [3.63, 3.8) is 0 Å². The summed E-state index contributed by atoms with van der Waals surface area (Å²) in [7, 11) is 0. The van der Waals surface area contributed by atoms with Gasteiger partial charge in [-0.2, -0.15) is 0 Å². The molecule has 0 bridgehead atoms. The standard InChI is InChI=1S/C11H14Cl4Si/c1-9(11(2,12)16(13,14)15)8-10-6-4-3-5-7-10/h3-7,9H,8H2,1-2H3. The summed E-state index contributed by atoms with van der Waals surface area (Å²) in [5.74, 6) is 0.121. The van der Waals surface area contributed by atoms with Crippen LogP contribution in [0, 0.1) is 5.92 Å². The third-order valence-corrected chi connectivity index (χ3v) is 10.1. The van der Waals surface area contributed by atoms with Gasteiger partial charge in [-0.3, -0.25) is 0 Å². The molecular formula is C11H14Cl4Si. The van der Waals surface area contributed by atoms with Gasteiger partial charge in [0.15, 0.2) is 0 Å². The summed E-state index contributed by atoms with van der Waals surface area (Å²) in [6.45, 7) is 3.84. The van der Waals surface area contributed by atoms with Gasteiger partial charge < -0.3 is 0 Å². The molecule has 0 spiro atoms. The van der Waals surface area contributed by atoms with Gasteiger partial charge in [0.1, 0.15) is 0 Å². The van der Waals surface area contributed by atoms with Crippen molar-refractivity contribution in [2.75, 3.05) is 0 Å². The monoisotopic (exact) mass is 314 g/mol. The Bertz CT molecular complexity index is 332. The molecular weight excluding hydrogens is 302 g/mol. The second-order valence-corrected chi connectivity index (χ2v) is 14.1. The van der Waals surface area contributed by atoms with Crippen LogP contribution in [0.15, 0.2) is 30.3 Å². The molecule has 0 radical (unpaired) electrons. The van der Waals surface area contributed by atoms with Crippen LogP contribution in [0.3, 0.4) is 0 Å². The molecule has 90 valence electrons. The van der Waals surface area contributed by atoms with Crippen LogP contribution in [0.5, 0.6) is 0 Å². The second kappa shape index (κ2) is 5.49. The molecule has 1 aromatic carbocycles. The summed E-state index contributed by atoms with van der Waals surface area (Å²) in [6.07, 6.45) is 0.821. The third-order valence-electron chi connectivity index (χ3n) is 2.86. The smallest absolute Gasteiger partial charge is 0.124 e. The molecule has 2 unspecified atom stereocenters.